The van der Waals surface area contributed by atoms with Crippen LogP contribution in [-0.2, 0) is 5.41 Å². The molecule has 4 heterocycles. The average Bonchev–Trinajstić information content (AvgIpc) is 3.89. The lowest BCUT2D eigenvalue weighted by Crippen LogP contribution is -2.31. The first-order valence-electron chi connectivity index (χ1n) is 21.9. The van der Waals surface area contributed by atoms with Crippen LogP contribution in [0.5, 0.6) is 0 Å². The van der Waals surface area contributed by atoms with Gasteiger partial charge in [-0.2, -0.15) is 0 Å². The van der Waals surface area contributed by atoms with Gasteiger partial charge in [0.1, 0.15) is 11.2 Å². The molecule has 0 saturated carbocycles. The topological polar surface area (TPSA) is 64.7 Å². The van der Waals surface area contributed by atoms with Crippen LogP contribution in [0.25, 0.3) is 100 Å². The first-order chi connectivity index (χ1) is 32.2. The van der Waals surface area contributed by atoms with E-state index >= 15 is 0 Å². The van der Waals surface area contributed by atoms with Gasteiger partial charge in [0.2, 0.25) is 0 Å². The summed E-state index contributed by atoms with van der Waals surface area (Å²) in [5, 5.41) is 5.40. The fourth-order valence-electron chi connectivity index (χ4n) is 10.6. The molecule has 0 bridgehead atoms. The highest BCUT2D eigenvalue weighted by molar-refractivity contribution is 7.99. The maximum atomic E-state index is 6.50. The van der Waals surface area contributed by atoms with Crippen molar-refractivity contribution in [2.45, 2.75) is 15.2 Å². The Morgan fingerprint density at radius 3 is 1.75 bits per heavy atom. The number of furan rings is 1. The van der Waals surface area contributed by atoms with Crippen LogP contribution < -0.4 is 0 Å². The number of benzene rings is 9. The van der Waals surface area contributed by atoms with Gasteiger partial charge in [-0.05, 0) is 81.2 Å². The van der Waals surface area contributed by atoms with Gasteiger partial charge >= 0.3 is 0 Å². The second-order valence-corrected chi connectivity index (χ2v) is 17.9. The molecule has 1 aliphatic heterocycles. The molecule has 9 aromatic carbocycles. The van der Waals surface area contributed by atoms with Gasteiger partial charge in [0.05, 0.1) is 22.2 Å². The van der Waals surface area contributed by atoms with Crippen molar-refractivity contribution >= 4 is 55.4 Å². The first-order valence-corrected chi connectivity index (χ1v) is 22.7. The Hall–Kier alpha value is -8.19. The van der Waals surface area contributed by atoms with Gasteiger partial charge in [0.25, 0.3) is 0 Å². The van der Waals surface area contributed by atoms with E-state index in [9.17, 15) is 0 Å². The first kappa shape index (κ1) is 36.3. The lowest BCUT2D eigenvalue weighted by molar-refractivity contribution is 0.669. The molecule has 1 spiro atoms. The van der Waals surface area contributed by atoms with E-state index in [1.807, 2.05) is 72.4 Å². The normalized spacial score (nSPS) is 13.3. The van der Waals surface area contributed by atoms with Crippen LogP contribution in [0.2, 0.25) is 0 Å². The second kappa shape index (κ2) is 13.9. The number of pyridine rings is 1. The summed E-state index contributed by atoms with van der Waals surface area (Å²) >= 11 is 1.87. The largest absolute Gasteiger partial charge is 0.455 e. The molecule has 0 unspecified atom stereocenters. The Bertz CT molecular complexity index is 3890. The Balaban J connectivity index is 1.03. The zero-order valence-electron chi connectivity index (χ0n) is 34.7. The van der Waals surface area contributed by atoms with E-state index < -0.39 is 5.41 Å². The van der Waals surface area contributed by atoms with Gasteiger partial charge in [0, 0.05) is 48.0 Å². The minimum Gasteiger partial charge on any atom is -0.455 e. The van der Waals surface area contributed by atoms with E-state index in [2.05, 4.69) is 146 Å². The van der Waals surface area contributed by atoms with E-state index in [1.165, 1.54) is 43.2 Å². The molecule has 2 aliphatic rings. The van der Waals surface area contributed by atoms with Crippen molar-refractivity contribution < 1.29 is 4.42 Å². The van der Waals surface area contributed by atoms with Gasteiger partial charge in [-0.1, -0.05) is 176 Å². The fourth-order valence-corrected chi connectivity index (χ4v) is 11.8. The molecule has 6 heteroatoms. The van der Waals surface area contributed by atoms with Crippen LogP contribution in [-0.4, -0.2) is 19.9 Å². The van der Waals surface area contributed by atoms with Crippen molar-refractivity contribution in [3.05, 3.63) is 229 Å². The van der Waals surface area contributed by atoms with Gasteiger partial charge in [0.15, 0.2) is 17.5 Å². The Kier molecular flexibility index (Phi) is 7.77. The second-order valence-electron chi connectivity index (χ2n) is 16.8. The molecule has 65 heavy (non-hydrogen) atoms. The maximum Gasteiger partial charge on any atom is 0.167 e. The highest BCUT2D eigenvalue weighted by Gasteiger charge is 2.50. The summed E-state index contributed by atoms with van der Waals surface area (Å²) in [5.74, 6) is 1.69. The van der Waals surface area contributed by atoms with Gasteiger partial charge < -0.3 is 4.42 Å². The summed E-state index contributed by atoms with van der Waals surface area (Å²) in [4.78, 5) is 23.6. The van der Waals surface area contributed by atoms with Crippen LogP contribution in [0.4, 0.5) is 0 Å². The predicted octanol–water partition coefficient (Wildman–Crippen LogP) is 15.0. The maximum absolute atomic E-state index is 6.50. The zero-order chi connectivity index (χ0) is 42.6. The van der Waals surface area contributed by atoms with Gasteiger partial charge in [-0.25, -0.2) is 19.9 Å². The number of rotatable bonds is 4. The number of aromatic nitrogens is 4. The van der Waals surface area contributed by atoms with Crippen molar-refractivity contribution in [3.63, 3.8) is 0 Å². The predicted molar refractivity (Wildman–Crippen MR) is 263 cm³/mol. The molecule has 0 radical (unpaired) electrons. The number of hydrogen-bond donors (Lipinski definition) is 0. The Labute approximate surface area is 378 Å². The van der Waals surface area contributed by atoms with Crippen LogP contribution in [0.15, 0.2) is 220 Å². The summed E-state index contributed by atoms with van der Waals surface area (Å²) in [6, 6.07) is 73.3. The van der Waals surface area contributed by atoms with Crippen molar-refractivity contribution in [2.75, 3.05) is 0 Å². The summed E-state index contributed by atoms with van der Waals surface area (Å²) in [6.45, 7) is 0. The SMILES string of the molecule is c1ccc(-c2nc(-c3ccc4c(c3)nc(-c3ccccc3)c3cc5c(cc34)C3(c4ccccc4Sc4ccccc43)c3ccccc3-5)nc(-c3cccc4c3oc3ccccc34)n2)cc1. The lowest BCUT2D eigenvalue weighted by atomic mass is 9.67. The molecule has 0 fully saturated rings. The molecule has 12 aromatic rings. The van der Waals surface area contributed by atoms with Gasteiger partial charge in [-0.3, -0.25) is 0 Å². The third-order valence-corrected chi connectivity index (χ3v) is 14.5. The van der Waals surface area contributed by atoms with Crippen LogP contribution in [0.3, 0.4) is 0 Å². The molecule has 14 rings (SSSR count). The number of fused-ring (bicyclic) bond motifs is 15. The molecule has 5 nitrogen and oxygen atoms in total. The third-order valence-electron chi connectivity index (χ3n) is 13.4. The Morgan fingerprint density at radius 2 is 0.969 bits per heavy atom. The van der Waals surface area contributed by atoms with Crippen molar-refractivity contribution in [1.82, 2.24) is 19.9 Å². The van der Waals surface area contributed by atoms with Crippen LogP contribution in [0, 0.1) is 0 Å². The molecular weight excluding hydrogens is 813 g/mol. The summed E-state index contributed by atoms with van der Waals surface area (Å²) < 4.78 is 6.50. The molecule has 0 saturated heterocycles. The third kappa shape index (κ3) is 5.29. The molecule has 0 atom stereocenters. The van der Waals surface area contributed by atoms with E-state index in [0.717, 1.165) is 71.6 Å². The minimum absolute atomic E-state index is 0.501. The number of nitrogens with zero attached hydrogens (tertiary/aromatic N) is 4. The smallest absolute Gasteiger partial charge is 0.167 e. The zero-order valence-corrected chi connectivity index (χ0v) is 35.6. The van der Waals surface area contributed by atoms with Crippen LogP contribution >= 0.6 is 11.8 Å². The standard InChI is InChI=1S/C59H34N4OS/c1-3-16-35(17-4-1)54-45-33-44-38-20-7-9-24-46(38)59(47-25-10-13-28-52(47)65-53-29-14-11-26-48(53)59)49(44)34-43(45)39-31-30-37(32-50(39)60-54)57-61-56(36-18-5-2-6-19-36)62-58(63-57)42-23-15-22-41-40-21-8-12-27-51(40)64-55(41)42/h1-34H. The highest BCUT2D eigenvalue weighted by atomic mass is 32.2. The summed E-state index contributed by atoms with van der Waals surface area (Å²) in [6.07, 6.45) is 0. The molecule has 0 amide bonds. The van der Waals surface area contributed by atoms with Crippen molar-refractivity contribution in [3.8, 4) is 56.5 Å². The molecule has 1 aliphatic carbocycles. The minimum atomic E-state index is -0.501. The molecule has 302 valence electrons. The fraction of sp³-hybridized carbons (Fsp3) is 0.0169. The van der Waals surface area contributed by atoms with E-state index in [1.54, 1.807) is 0 Å². The molecule has 3 aromatic heterocycles. The van der Waals surface area contributed by atoms with Crippen LogP contribution in [0.1, 0.15) is 22.3 Å². The van der Waals surface area contributed by atoms with E-state index in [4.69, 9.17) is 24.4 Å². The average molecular weight is 847 g/mol. The molecular formula is C59H34N4OS. The molecule has 0 N–H and O–H groups in total. The monoisotopic (exact) mass is 846 g/mol. The van der Waals surface area contributed by atoms with Gasteiger partial charge in [-0.15, -0.1) is 0 Å². The van der Waals surface area contributed by atoms with Crippen molar-refractivity contribution in [2.24, 2.45) is 0 Å². The summed E-state index contributed by atoms with van der Waals surface area (Å²) in [7, 11) is 0. The van der Waals surface area contributed by atoms with E-state index in [-0.39, 0.29) is 0 Å². The quantitative estimate of drug-likeness (QED) is 0.164. The Morgan fingerprint density at radius 1 is 0.354 bits per heavy atom. The number of hydrogen-bond acceptors (Lipinski definition) is 6. The summed E-state index contributed by atoms with van der Waals surface area (Å²) in [5.41, 5.74) is 14.2. The highest BCUT2D eigenvalue weighted by Crippen LogP contribution is 2.63. The van der Waals surface area contributed by atoms with Crippen molar-refractivity contribution in [1.29, 1.82) is 0 Å². The van der Waals surface area contributed by atoms with E-state index in [0.29, 0.717) is 17.5 Å². The lowest BCUT2D eigenvalue weighted by Gasteiger charge is -2.39. The number of para-hydroxylation sites is 2.